The number of aliphatic hydroxyl groups is 1. The van der Waals surface area contributed by atoms with Gasteiger partial charge in [0.25, 0.3) is 0 Å². The van der Waals surface area contributed by atoms with E-state index in [0.29, 0.717) is 16.5 Å². The van der Waals surface area contributed by atoms with E-state index in [2.05, 4.69) is 5.32 Å². The van der Waals surface area contributed by atoms with Gasteiger partial charge in [-0.1, -0.05) is 44.2 Å². The quantitative estimate of drug-likeness (QED) is 0.324. The Balaban J connectivity index is 1.90. The Morgan fingerprint density at radius 1 is 1.15 bits per heavy atom. The Kier molecular flexibility index (Phi) is 8.32. The monoisotopic (exact) mass is 489 g/mol. The first-order valence-corrected chi connectivity index (χ1v) is 12.5. The minimum atomic E-state index is -4.00. The fourth-order valence-corrected chi connectivity index (χ4v) is 5.50. The van der Waals surface area contributed by atoms with Gasteiger partial charge in [0.2, 0.25) is 10.0 Å². The molecule has 0 fully saturated rings. The third-order valence-electron chi connectivity index (χ3n) is 5.51. The number of nitrogens with zero attached hydrogens (tertiary/aromatic N) is 1. The number of aliphatic hydroxyl groups excluding tert-OH is 1. The molecule has 0 aliphatic rings. The Morgan fingerprint density at radius 2 is 1.85 bits per heavy atom. The van der Waals surface area contributed by atoms with Crippen molar-refractivity contribution in [3.63, 3.8) is 0 Å². The van der Waals surface area contributed by atoms with Gasteiger partial charge in [-0.25, -0.2) is 13.2 Å². The molecule has 0 saturated heterocycles. The van der Waals surface area contributed by atoms with Gasteiger partial charge in [-0.2, -0.15) is 4.31 Å². The zero-order valence-corrected chi connectivity index (χ0v) is 20.0. The number of amides is 1. The molecule has 0 aliphatic heterocycles. The fraction of sp³-hybridized carbons (Fsp3) is 0.375. The maximum atomic E-state index is 13.6. The number of fused-ring (bicyclic) bond motifs is 1. The fourth-order valence-electron chi connectivity index (χ4n) is 3.85. The molecule has 0 aliphatic carbocycles. The van der Waals surface area contributed by atoms with Crippen LogP contribution in [0.3, 0.4) is 0 Å². The first-order valence-electron chi connectivity index (χ1n) is 11.0. The molecule has 0 spiro atoms. The molecular weight excluding hydrogens is 458 g/mol. The highest BCUT2D eigenvalue weighted by Crippen LogP contribution is 2.27. The minimum absolute atomic E-state index is 0.0285. The third-order valence-corrected chi connectivity index (χ3v) is 7.34. The second kappa shape index (κ2) is 11.0. The molecule has 0 bridgehead atoms. The van der Waals surface area contributed by atoms with Gasteiger partial charge in [0.05, 0.1) is 23.3 Å². The largest absolute Gasteiger partial charge is 0.465 e. The molecule has 1 amide bonds. The number of hydrogen-bond donors (Lipinski definition) is 4. The normalized spacial score (nSPS) is 13.9. The maximum Gasteiger partial charge on any atom is 0.404 e. The predicted molar refractivity (Wildman–Crippen MR) is 129 cm³/mol. The molecule has 34 heavy (non-hydrogen) atoms. The summed E-state index contributed by atoms with van der Waals surface area (Å²) in [6.07, 6.45) is -0.854. The van der Waals surface area contributed by atoms with Gasteiger partial charge >= 0.3 is 6.09 Å². The Bertz CT molecular complexity index is 1210. The highest BCUT2D eigenvalue weighted by Gasteiger charge is 2.31. The van der Waals surface area contributed by atoms with Crippen LogP contribution in [0.15, 0.2) is 64.1 Å². The van der Waals surface area contributed by atoms with Crippen LogP contribution in [0.2, 0.25) is 0 Å². The molecule has 9 nitrogen and oxygen atoms in total. The van der Waals surface area contributed by atoms with Crippen molar-refractivity contribution in [1.82, 2.24) is 9.62 Å². The van der Waals surface area contributed by atoms with Gasteiger partial charge in [-0.05, 0) is 36.1 Å². The number of carbonyl (C=O) groups is 1. The van der Waals surface area contributed by atoms with Gasteiger partial charge in [0.15, 0.2) is 0 Å². The molecule has 0 saturated carbocycles. The average molecular weight is 490 g/mol. The summed E-state index contributed by atoms with van der Waals surface area (Å²) in [4.78, 5) is 11.4. The number of rotatable bonds is 11. The number of sulfonamides is 1. The van der Waals surface area contributed by atoms with E-state index in [9.17, 15) is 23.4 Å². The van der Waals surface area contributed by atoms with E-state index in [1.165, 1.54) is 22.7 Å². The Labute approximate surface area is 199 Å². The lowest BCUT2D eigenvalue weighted by atomic mass is 10.0. The van der Waals surface area contributed by atoms with Gasteiger partial charge in [-0.15, -0.1) is 0 Å². The predicted octanol–water partition coefficient (Wildman–Crippen LogP) is 2.78. The van der Waals surface area contributed by atoms with E-state index < -0.39 is 28.3 Å². The highest BCUT2D eigenvalue weighted by molar-refractivity contribution is 7.89. The van der Waals surface area contributed by atoms with Crippen molar-refractivity contribution in [2.75, 3.05) is 13.1 Å². The lowest BCUT2D eigenvalue weighted by Crippen LogP contribution is -2.50. The maximum absolute atomic E-state index is 13.6. The van der Waals surface area contributed by atoms with Crippen molar-refractivity contribution in [3.8, 4) is 0 Å². The van der Waals surface area contributed by atoms with Crippen LogP contribution in [0, 0.1) is 5.92 Å². The number of carboxylic acid groups (broad SMARTS) is 1. The number of nitrogens with one attached hydrogen (secondary N) is 1. The lowest BCUT2D eigenvalue weighted by Gasteiger charge is -2.30. The summed E-state index contributed by atoms with van der Waals surface area (Å²) in [5.74, 6) is -0.0285. The van der Waals surface area contributed by atoms with Crippen molar-refractivity contribution in [2.24, 2.45) is 11.7 Å². The summed E-state index contributed by atoms with van der Waals surface area (Å²) >= 11 is 0. The van der Waals surface area contributed by atoms with Gasteiger partial charge < -0.3 is 25.7 Å². The standard InChI is InChI=1S/C24H31N3O6S/c1-16(2)13-27(14-22(28)21(26-24(29)30)10-17-6-4-3-5-7-17)34(31,32)19-8-9-23-20(11-19)18(12-25)15-33-23/h3-9,11,15-16,21-22,26,28H,10,12-14,25H2,1-2H3,(H,29,30). The zero-order valence-electron chi connectivity index (χ0n) is 19.2. The molecule has 5 N–H and O–H groups in total. The Hall–Kier alpha value is -2.92. The summed E-state index contributed by atoms with van der Waals surface area (Å²) in [5.41, 5.74) is 7.78. The number of furan rings is 1. The smallest absolute Gasteiger partial charge is 0.404 e. The van der Waals surface area contributed by atoms with Crippen LogP contribution in [-0.2, 0) is 23.0 Å². The van der Waals surface area contributed by atoms with E-state index in [1.807, 2.05) is 44.2 Å². The third kappa shape index (κ3) is 6.15. The molecular formula is C24H31N3O6S. The second-order valence-electron chi connectivity index (χ2n) is 8.65. The van der Waals surface area contributed by atoms with Crippen molar-refractivity contribution in [1.29, 1.82) is 0 Å². The summed E-state index contributed by atoms with van der Waals surface area (Å²) in [6.45, 7) is 3.82. The van der Waals surface area contributed by atoms with Crippen molar-refractivity contribution >= 4 is 27.1 Å². The molecule has 1 heterocycles. The molecule has 2 atom stereocenters. The average Bonchev–Trinajstić information content (AvgIpc) is 3.20. The zero-order chi connectivity index (χ0) is 24.9. The van der Waals surface area contributed by atoms with E-state index >= 15 is 0 Å². The molecule has 3 aromatic rings. The van der Waals surface area contributed by atoms with Gasteiger partial charge in [0.1, 0.15) is 5.58 Å². The number of benzene rings is 2. The summed E-state index contributed by atoms with van der Waals surface area (Å²) in [6, 6.07) is 12.8. The van der Waals surface area contributed by atoms with Crippen molar-refractivity contribution in [3.05, 3.63) is 65.9 Å². The molecule has 184 valence electrons. The van der Waals surface area contributed by atoms with E-state index in [-0.39, 0.29) is 36.9 Å². The van der Waals surface area contributed by atoms with Crippen LogP contribution in [0.25, 0.3) is 11.0 Å². The van der Waals surface area contributed by atoms with Crippen LogP contribution in [-0.4, -0.2) is 54.3 Å². The van der Waals surface area contributed by atoms with Crippen LogP contribution < -0.4 is 11.1 Å². The second-order valence-corrected chi connectivity index (χ2v) is 10.6. The van der Waals surface area contributed by atoms with Crippen molar-refractivity contribution < 1.29 is 27.8 Å². The van der Waals surface area contributed by atoms with E-state index in [0.717, 1.165) is 5.56 Å². The van der Waals surface area contributed by atoms with Crippen LogP contribution >= 0.6 is 0 Å². The molecule has 10 heteroatoms. The molecule has 3 rings (SSSR count). The first-order chi connectivity index (χ1) is 16.1. The van der Waals surface area contributed by atoms with E-state index in [1.54, 1.807) is 6.07 Å². The summed E-state index contributed by atoms with van der Waals surface area (Å²) in [5, 5.41) is 23.2. The number of nitrogens with two attached hydrogens (primary N) is 1. The highest BCUT2D eigenvalue weighted by atomic mass is 32.2. The van der Waals surface area contributed by atoms with Crippen LogP contribution in [0.4, 0.5) is 4.79 Å². The van der Waals surface area contributed by atoms with Crippen molar-refractivity contribution in [2.45, 2.75) is 43.9 Å². The summed E-state index contributed by atoms with van der Waals surface area (Å²) < 4.78 is 33.8. The first kappa shape index (κ1) is 25.7. The van der Waals surface area contributed by atoms with Crippen LogP contribution in [0.5, 0.6) is 0 Å². The molecule has 1 aromatic heterocycles. The van der Waals surface area contributed by atoms with Crippen LogP contribution in [0.1, 0.15) is 25.0 Å². The molecule has 2 unspecified atom stereocenters. The summed E-state index contributed by atoms with van der Waals surface area (Å²) in [7, 11) is -4.00. The van der Waals surface area contributed by atoms with Gasteiger partial charge in [-0.3, -0.25) is 0 Å². The van der Waals surface area contributed by atoms with Gasteiger partial charge in [0, 0.05) is 30.6 Å². The SMILES string of the molecule is CC(C)CN(CC(O)C(Cc1ccccc1)NC(=O)O)S(=O)(=O)c1ccc2occ(CN)c2c1. The Morgan fingerprint density at radius 3 is 2.47 bits per heavy atom. The molecule has 2 aromatic carbocycles. The lowest BCUT2D eigenvalue weighted by molar-refractivity contribution is 0.0980. The number of hydrogen-bond acceptors (Lipinski definition) is 6. The minimum Gasteiger partial charge on any atom is -0.465 e. The van der Waals surface area contributed by atoms with E-state index in [4.69, 9.17) is 10.2 Å². The topological polar surface area (TPSA) is 146 Å². The molecule has 0 radical (unpaired) electrons.